The van der Waals surface area contributed by atoms with E-state index in [1.165, 1.54) is 10.8 Å². The number of aliphatic hydroxyl groups is 1. The van der Waals surface area contributed by atoms with Crippen molar-refractivity contribution in [2.24, 2.45) is 0 Å². The third kappa shape index (κ3) is 2.37. The number of nitrogens with one attached hydrogen (secondary N) is 1. The Labute approximate surface area is 108 Å². The summed E-state index contributed by atoms with van der Waals surface area (Å²) in [6, 6.07) is 0. The van der Waals surface area contributed by atoms with Gasteiger partial charge >= 0.3 is 5.69 Å². The molecule has 0 aliphatic carbocycles. The van der Waals surface area contributed by atoms with Gasteiger partial charge in [0.1, 0.15) is 18.4 Å². The van der Waals surface area contributed by atoms with E-state index in [2.05, 4.69) is 17.9 Å². The van der Waals surface area contributed by atoms with Crippen molar-refractivity contribution in [2.75, 3.05) is 6.61 Å². The summed E-state index contributed by atoms with van der Waals surface area (Å²) in [6.07, 6.45) is 0.290. The largest absolute Gasteiger partial charge is 0.394 e. The second-order valence-corrected chi connectivity index (χ2v) is 4.38. The highest BCUT2D eigenvalue weighted by Crippen LogP contribution is 2.30. The Kier molecular flexibility index (Phi) is 3.91. The molecule has 100 valence electrons. The molecule has 18 heavy (non-hydrogen) atoms. The number of nitrogens with zero attached hydrogens (tertiary/aromatic N) is 1. The summed E-state index contributed by atoms with van der Waals surface area (Å²) < 4.78 is 11.7. The fourth-order valence-electron chi connectivity index (χ4n) is 1.95. The molecule has 0 amide bonds. The van der Waals surface area contributed by atoms with Crippen molar-refractivity contribution in [1.29, 1.82) is 0 Å². The van der Waals surface area contributed by atoms with E-state index in [4.69, 9.17) is 14.0 Å². The van der Waals surface area contributed by atoms with Crippen LogP contribution < -0.4 is 11.2 Å². The van der Waals surface area contributed by atoms with E-state index < -0.39 is 29.7 Å². The first kappa shape index (κ1) is 13.3. The van der Waals surface area contributed by atoms with E-state index >= 15 is 0 Å². The highest BCUT2D eigenvalue weighted by Gasteiger charge is 2.36. The Morgan fingerprint density at radius 1 is 1.67 bits per heavy atom. The highest BCUT2D eigenvalue weighted by atomic mass is 32.1. The number of rotatable bonds is 3. The molecule has 0 spiro atoms. The Morgan fingerprint density at radius 3 is 2.94 bits per heavy atom. The number of hydrogen-bond acceptors (Lipinski definition) is 6. The average Bonchev–Trinajstić information content (AvgIpc) is 2.76. The van der Waals surface area contributed by atoms with Crippen LogP contribution in [0.5, 0.6) is 0 Å². The van der Waals surface area contributed by atoms with Crippen molar-refractivity contribution in [3.63, 3.8) is 0 Å². The van der Waals surface area contributed by atoms with Gasteiger partial charge in [0.2, 0.25) is 0 Å². The minimum Gasteiger partial charge on any atom is -0.394 e. The lowest BCUT2D eigenvalue weighted by Crippen LogP contribution is -2.33. The van der Waals surface area contributed by atoms with Gasteiger partial charge in [-0.3, -0.25) is 14.3 Å². The topological polar surface area (TPSA) is 93.6 Å². The number of hydrogen-bond donors (Lipinski definition) is 3. The zero-order valence-electron chi connectivity index (χ0n) is 9.70. The molecule has 0 bridgehead atoms. The summed E-state index contributed by atoms with van der Waals surface area (Å²) in [5.41, 5.74) is -0.559. The normalized spacial score (nSPS) is 27.6. The monoisotopic (exact) mass is 274 g/mol. The fraction of sp³-hybridized carbons (Fsp3) is 0.600. The minimum absolute atomic E-state index is 0.223. The summed E-state index contributed by atoms with van der Waals surface area (Å²) in [4.78, 5) is 25.1. The first-order chi connectivity index (χ1) is 8.56. The average molecular weight is 274 g/mol. The second kappa shape index (κ2) is 5.27. The molecule has 1 unspecified atom stereocenters. The maximum atomic E-state index is 11.7. The molecule has 1 saturated heterocycles. The standard InChI is InChI=1S/C10H14N2O5S/c1-5-3-12(10(15)11-9(5)14)8-2-6(17-18)7(4-13)16-8/h3,6-8,13,18H,2,4H2,1H3,(H,11,14,15)/t6?,7-,8-/m1/s1. The second-order valence-electron chi connectivity index (χ2n) is 4.17. The molecule has 1 aromatic heterocycles. The van der Waals surface area contributed by atoms with Gasteiger partial charge in [-0.2, -0.15) is 0 Å². The Hall–Kier alpha value is -1.09. The van der Waals surface area contributed by atoms with Crippen LogP contribution in [0, 0.1) is 6.92 Å². The van der Waals surface area contributed by atoms with Crippen molar-refractivity contribution >= 4 is 12.9 Å². The van der Waals surface area contributed by atoms with Crippen LogP contribution in [0.1, 0.15) is 18.2 Å². The Morgan fingerprint density at radius 2 is 2.39 bits per heavy atom. The molecule has 2 rings (SSSR count). The van der Waals surface area contributed by atoms with Crippen molar-refractivity contribution in [1.82, 2.24) is 9.55 Å². The number of H-pyrrole nitrogens is 1. The zero-order valence-corrected chi connectivity index (χ0v) is 10.6. The summed E-state index contributed by atoms with van der Waals surface area (Å²) in [7, 11) is 0. The molecule has 0 saturated carbocycles. The minimum atomic E-state index is -0.581. The lowest BCUT2D eigenvalue weighted by molar-refractivity contribution is -0.0398. The van der Waals surface area contributed by atoms with Gasteiger partial charge in [-0.25, -0.2) is 4.79 Å². The van der Waals surface area contributed by atoms with Crippen molar-refractivity contribution in [2.45, 2.75) is 31.8 Å². The van der Waals surface area contributed by atoms with E-state index in [1.807, 2.05) is 0 Å². The van der Waals surface area contributed by atoms with E-state index in [9.17, 15) is 9.59 Å². The van der Waals surface area contributed by atoms with Gasteiger partial charge in [-0.15, -0.1) is 0 Å². The van der Waals surface area contributed by atoms with Gasteiger partial charge in [0, 0.05) is 18.2 Å². The van der Waals surface area contributed by atoms with Crippen LogP contribution >= 0.6 is 12.9 Å². The van der Waals surface area contributed by atoms with Crippen LogP contribution in [0.25, 0.3) is 0 Å². The number of aryl methyl sites for hydroxylation is 1. The predicted molar refractivity (Wildman–Crippen MR) is 65.5 cm³/mol. The van der Waals surface area contributed by atoms with E-state index in [0.717, 1.165) is 0 Å². The maximum absolute atomic E-state index is 11.7. The van der Waals surface area contributed by atoms with Crippen LogP contribution in [-0.2, 0) is 8.92 Å². The van der Waals surface area contributed by atoms with E-state index in [-0.39, 0.29) is 6.61 Å². The third-order valence-electron chi connectivity index (χ3n) is 2.95. The summed E-state index contributed by atoms with van der Waals surface area (Å²) in [5.74, 6) is 0. The number of aromatic amines is 1. The van der Waals surface area contributed by atoms with Crippen molar-refractivity contribution in [3.8, 4) is 0 Å². The summed E-state index contributed by atoms with van der Waals surface area (Å²) >= 11 is 3.71. The molecule has 1 aliphatic rings. The molecule has 3 atom stereocenters. The van der Waals surface area contributed by atoms with Crippen LogP contribution in [0.4, 0.5) is 0 Å². The molecule has 1 fully saturated rings. The van der Waals surface area contributed by atoms with E-state index in [1.54, 1.807) is 6.92 Å². The molecule has 1 aromatic rings. The van der Waals surface area contributed by atoms with Crippen molar-refractivity contribution < 1.29 is 14.0 Å². The molecular weight excluding hydrogens is 260 g/mol. The predicted octanol–water partition coefficient (Wildman–Crippen LogP) is -0.645. The lowest BCUT2D eigenvalue weighted by Gasteiger charge is -2.14. The lowest BCUT2D eigenvalue weighted by atomic mass is 10.2. The highest BCUT2D eigenvalue weighted by molar-refractivity contribution is 7.75. The van der Waals surface area contributed by atoms with E-state index in [0.29, 0.717) is 12.0 Å². The number of thiol groups is 1. The first-order valence-electron chi connectivity index (χ1n) is 5.45. The molecular formula is C10H14N2O5S. The van der Waals surface area contributed by atoms with Gasteiger partial charge in [0.15, 0.2) is 0 Å². The molecule has 7 nitrogen and oxygen atoms in total. The van der Waals surface area contributed by atoms with Crippen LogP contribution in [0.2, 0.25) is 0 Å². The van der Waals surface area contributed by atoms with Crippen LogP contribution in [0.15, 0.2) is 15.8 Å². The third-order valence-corrected chi connectivity index (χ3v) is 3.22. The van der Waals surface area contributed by atoms with Gasteiger partial charge in [-0.05, 0) is 19.8 Å². The summed E-state index contributed by atoms with van der Waals surface area (Å²) in [6.45, 7) is 1.37. The number of ether oxygens (including phenoxy) is 1. The number of aromatic nitrogens is 2. The van der Waals surface area contributed by atoms with Gasteiger partial charge < -0.3 is 14.0 Å². The molecule has 0 aromatic carbocycles. The molecule has 0 radical (unpaired) electrons. The number of aliphatic hydroxyl groups excluding tert-OH is 1. The SMILES string of the molecule is Cc1cn([C@H]2CC(OS)[C@@H](CO)O2)c(=O)[nH]c1=O. The quantitative estimate of drug-likeness (QED) is 0.503. The molecule has 2 heterocycles. The van der Waals surface area contributed by atoms with Gasteiger partial charge in [0.05, 0.1) is 6.61 Å². The molecule has 1 aliphatic heterocycles. The van der Waals surface area contributed by atoms with Gasteiger partial charge in [-0.1, -0.05) is 0 Å². The fourth-order valence-corrected chi connectivity index (χ4v) is 2.17. The zero-order chi connectivity index (χ0) is 13.3. The maximum Gasteiger partial charge on any atom is 0.330 e. The van der Waals surface area contributed by atoms with Crippen molar-refractivity contribution in [3.05, 3.63) is 32.6 Å². The van der Waals surface area contributed by atoms with Gasteiger partial charge in [0.25, 0.3) is 5.56 Å². The van der Waals surface area contributed by atoms with Crippen LogP contribution in [-0.4, -0.2) is 33.5 Å². The molecule has 2 N–H and O–H groups in total. The smallest absolute Gasteiger partial charge is 0.330 e. The Balaban J connectivity index is 2.31. The molecule has 8 heteroatoms. The Bertz CT molecular complexity index is 528. The first-order valence-corrected chi connectivity index (χ1v) is 5.82. The summed E-state index contributed by atoms with van der Waals surface area (Å²) in [5, 5.41) is 9.12. The van der Waals surface area contributed by atoms with Crippen LogP contribution in [0.3, 0.4) is 0 Å².